The van der Waals surface area contributed by atoms with Crippen molar-refractivity contribution >= 4 is 0 Å². The second-order valence-corrected chi connectivity index (χ2v) is 4.23. The normalized spacial score (nSPS) is 12.3. The van der Waals surface area contributed by atoms with E-state index in [1.807, 2.05) is 0 Å². The molecule has 0 aromatic carbocycles. The minimum absolute atomic E-state index is 0.0880. The van der Waals surface area contributed by atoms with E-state index in [1.165, 1.54) is 25.7 Å². The molecule has 0 saturated carbocycles. The Labute approximate surface area is 100 Å². The SMILES string of the molecule is CCCCCCCONCC(C#N)CCC. The number of hydrogen-bond donors (Lipinski definition) is 1. The molecule has 1 unspecified atom stereocenters. The summed E-state index contributed by atoms with van der Waals surface area (Å²) in [6.45, 7) is 5.72. The molecule has 0 radical (unpaired) electrons. The van der Waals surface area contributed by atoms with Crippen molar-refractivity contribution < 1.29 is 4.84 Å². The van der Waals surface area contributed by atoms with Gasteiger partial charge in [-0.25, -0.2) is 5.48 Å². The fourth-order valence-electron chi connectivity index (χ4n) is 1.57. The van der Waals surface area contributed by atoms with Gasteiger partial charge in [0.15, 0.2) is 0 Å². The van der Waals surface area contributed by atoms with Gasteiger partial charge >= 0.3 is 0 Å². The molecule has 0 amide bonds. The number of hydroxylamine groups is 1. The van der Waals surface area contributed by atoms with Gasteiger partial charge in [-0.1, -0.05) is 46.0 Å². The minimum atomic E-state index is 0.0880. The Bertz CT molecular complexity index is 177. The summed E-state index contributed by atoms with van der Waals surface area (Å²) in [5, 5.41) is 8.81. The van der Waals surface area contributed by atoms with E-state index in [0.29, 0.717) is 6.54 Å². The van der Waals surface area contributed by atoms with Gasteiger partial charge in [-0.15, -0.1) is 0 Å². The molecule has 16 heavy (non-hydrogen) atoms. The summed E-state index contributed by atoms with van der Waals surface area (Å²) in [6, 6.07) is 2.28. The molecule has 1 atom stereocenters. The fraction of sp³-hybridized carbons (Fsp3) is 0.923. The summed E-state index contributed by atoms with van der Waals surface area (Å²) in [5.41, 5.74) is 2.89. The van der Waals surface area contributed by atoms with E-state index in [-0.39, 0.29) is 5.92 Å². The van der Waals surface area contributed by atoms with Crippen molar-refractivity contribution in [3.05, 3.63) is 0 Å². The molecule has 0 aliphatic heterocycles. The van der Waals surface area contributed by atoms with Crippen LogP contribution in [0.15, 0.2) is 0 Å². The highest BCUT2D eigenvalue weighted by Crippen LogP contribution is 2.04. The monoisotopic (exact) mass is 226 g/mol. The van der Waals surface area contributed by atoms with Crippen LogP contribution in [0.5, 0.6) is 0 Å². The summed E-state index contributed by atoms with van der Waals surface area (Å²) in [6.07, 6.45) is 8.25. The van der Waals surface area contributed by atoms with Crippen LogP contribution in [0.25, 0.3) is 0 Å². The summed E-state index contributed by atoms with van der Waals surface area (Å²) in [7, 11) is 0. The van der Waals surface area contributed by atoms with Crippen molar-refractivity contribution in [2.45, 2.75) is 58.8 Å². The molecule has 3 nitrogen and oxygen atoms in total. The van der Waals surface area contributed by atoms with E-state index in [1.54, 1.807) is 0 Å². The van der Waals surface area contributed by atoms with Gasteiger partial charge in [0.2, 0.25) is 0 Å². The largest absolute Gasteiger partial charge is 0.302 e. The van der Waals surface area contributed by atoms with E-state index in [0.717, 1.165) is 25.9 Å². The molecule has 0 aliphatic rings. The number of nitriles is 1. The molecule has 0 rings (SSSR count). The average molecular weight is 226 g/mol. The number of rotatable bonds is 11. The van der Waals surface area contributed by atoms with Crippen LogP contribution in [0.4, 0.5) is 0 Å². The van der Waals surface area contributed by atoms with Crippen molar-refractivity contribution in [2.75, 3.05) is 13.2 Å². The Morgan fingerprint density at radius 1 is 1.12 bits per heavy atom. The number of unbranched alkanes of at least 4 members (excludes halogenated alkanes) is 4. The lowest BCUT2D eigenvalue weighted by atomic mass is 10.1. The topological polar surface area (TPSA) is 45.0 Å². The highest BCUT2D eigenvalue weighted by molar-refractivity contribution is 4.82. The van der Waals surface area contributed by atoms with Crippen LogP contribution in [0.1, 0.15) is 58.8 Å². The Hall–Kier alpha value is -0.590. The zero-order chi connectivity index (χ0) is 12.1. The highest BCUT2D eigenvalue weighted by Gasteiger charge is 2.04. The molecule has 0 aromatic rings. The first-order valence-corrected chi connectivity index (χ1v) is 6.59. The first kappa shape index (κ1) is 15.4. The van der Waals surface area contributed by atoms with Crippen LogP contribution < -0.4 is 5.48 Å². The van der Waals surface area contributed by atoms with Crippen molar-refractivity contribution in [1.82, 2.24) is 5.48 Å². The fourth-order valence-corrected chi connectivity index (χ4v) is 1.57. The van der Waals surface area contributed by atoms with Gasteiger partial charge in [0.25, 0.3) is 0 Å². The van der Waals surface area contributed by atoms with Gasteiger partial charge in [-0.2, -0.15) is 5.26 Å². The van der Waals surface area contributed by atoms with E-state index < -0.39 is 0 Å². The molecule has 94 valence electrons. The van der Waals surface area contributed by atoms with Crippen LogP contribution in [0, 0.1) is 17.2 Å². The lowest BCUT2D eigenvalue weighted by molar-refractivity contribution is 0.0330. The third-order valence-electron chi connectivity index (χ3n) is 2.60. The molecular weight excluding hydrogens is 200 g/mol. The standard InChI is InChI=1S/C13H26N2O/c1-3-5-6-7-8-10-16-15-12-13(11-14)9-4-2/h13,15H,3-10,12H2,1-2H3. The average Bonchev–Trinajstić information content (AvgIpc) is 2.31. The van der Waals surface area contributed by atoms with Crippen molar-refractivity contribution in [2.24, 2.45) is 5.92 Å². The third kappa shape index (κ3) is 9.95. The number of hydrogen-bond acceptors (Lipinski definition) is 3. The first-order valence-electron chi connectivity index (χ1n) is 6.59. The summed E-state index contributed by atoms with van der Waals surface area (Å²) >= 11 is 0. The zero-order valence-corrected chi connectivity index (χ0v) is 10.8. The maximum atomic E-state index is 8.81. The Morgan fingerprint density at radius 3 is 2.50 bits per heavy atom. The van der Waals surface area contributed by atoms with E-state index in [2.05, 4.69) is 25.4 Å². The molecule has 0 aliphatic carbocycles. The first-order chi connectivity index (χ1) is 7.85. The zero-order valence-electron chi connectivity index (χ0n) is 10.8. The van der Waals surface area contributed by atoms with Crippen LogP contribution in [-0.2, 0) is 4.84 Å². The minimum Gasteiger partial charge on any atom is -0.302 e. The predicted octanol–water partition coefficient (Wildman–Crippen LogP) is 3.42. The van der Waals surface area contributed by atoms with Crippen LogP contribution >= 0.6 is 0 Å². The summed E-state index contributed by atoms with van der Waals surface area (Å²) in [4.78, 5) is 5.29. The third-order valence-corrected chi connectivity index (χ3v) is 2.60. The molecule has 0 aromatic heterocycles. The number of nitrogens with zero attached hydrogens (tertiary/aromatic N) is 1. The summed E-state index contributed by atoms with van der Waals surface area (Å²) < 4.78 is 0. The smallest absolute Gasteiger partial charge is 0.0682 e. The molecule has 1 N–H and O–H groups in total. The quantitative estimate of drug-likeness (QED) is 0.434. The molecule has 0 heterocycles. The van der Waals surface area contributed by atoms with Crippen LogP contribution in [0.2, 0.25) is 0 Å². The maximum Gasteiger partial charge on any atom is 0.0682 e. The van der Waals surface area contributed by atoms with E-state index in [9.17, 15) is 0 Å². The van der Waals surface area contributed by atoms with E-state index in [4.69, 9.17) is 10.1 Å². The van der Waals surface area contributed by atoms with Crippen molar-refractivity contribution in [3.8, 4) is 6.07 Å². The molecule has 0 fully saturated rings. The molecule has 0 spiro atoms. The van der Waals surface area contributed by atoms with Crippen LogP contribution in [-0.4, -0.2) is 13.2 Å². The van der Waals surface area contributed by atoms with Gasteiger partial charge in [-0.3, -0.25) is 0 Å². The van der Waals surface area contributed by atoms with E-state index >= 15 is 0 Å². The van der Waals surface area contributed by atoms with Crippen molar-refractivity contribution in [1.29, 1.82) is 5.26 Å². The summed E-state index contributed by atoms with van der Waals surface area (Å²) in [5.74, 6) is 0.0880. The lowest BCUT2D eigenvalue weighted by Crippen LogP contribution is -2.22. The van der Waals surface area contributed by atoms with Crippen LogP contribution in [0.3, 0.4) is 0 Å². The lowest BCUT2D eigenvalue weighted by Gasteiger charge is -2.09. The number of nitrogens with one attached hydrogen (secondary N) is 1. The predicted molar refractivity (Wildman–Crippen MR) is 66.7 cm³/mol. The Kier molecular flexibility index (Phi) is 12.0. The molecule has 0 saturated heterocycles. The second-order valence-electron chi connectivity index (χ2n) is 4.23. The van der Waals surface area contributed by atoms with Crippen molar-refractivity contribution in [3.63, 3.8) is 0 Å². The second kappa shape index (κ2) is 12.5. The maximum absolute atomic E-state index is 8.81. The highest BCUT2D eigenvalue weighted by atomic mass is 16.6. The Balaban J connectivity index is 3.16. The van der Waals surface area contributed by atoms with Gasteiger partial charge in [0, 0.05) is 6.54 Å². The molecule has 0 bridgehead atoms. The Morgan fingerprint density at radius 2 is 1.88 bits per heavy atom. The van der Waals surface area contributed by atoms with Gasteiger partial charge in [0.1, 0.15) is 0 Å². The van der Waals surface area contributed by atoms with Gasteiger partial charge in [-0.05, 0) is 12.8 Å². The molecule has 3 heteroatoms. The van der Waals surface area contributed by atoms with Gasteiger partial charge in [0.05, 0.1) is 18.6 Å². The molecular formula is C13H26N2O. The van der Waals surface area contributed by atoms with Gasteiger partial charge < -0.3 is 4.84 Å².